The van der Waals surface area contributed by atoms with Crippen molar-refractivity contribution in [2.45, 2.75) is 38.6 Å². The van der Waals surface area contributed by atoms with Crippen LogP contribution in [0.1, 0.15) is 38.2 Å². The maximum absolute atomic E-state index is 12.2. The number of carbonyl (C=O) groups is 1. The third-order valence-electron chi connectivity index (χ3n) is 4.14. The fraction of sp³-hybridized carbons (Fsp3) is 0.368. The van der Waals surface area contributed by atoms with E-state index in [2.05, 4.69) is 12.2 Å². The van der Waals surface area contributed by atoms with Gasteiger partial charge in [0.2, 0.25) is 0 Å². The highest BCUT2D eigenvalue weighted by molar-refractivity contribution is 5.97. The summed E-state index contributed by atoms with van der Waals surface area (Å²) in [6, 6.07) is 12.0. The molecular formula is C19H22N2O. The van der Waals surface area contributed by atoms with Crippen molar-refractivity contribution in [1.29, 1.82) is 5.26 Å². The number of hydrogen-bond acceptors (Lipinski definition) is 2. The van der Waals surface area contributed by atoms with E-state index >= 15 is 0 Å². The van der Waals surface area contributed by atoms with Crippen LogP contribution in [0.2, 0.25) is 0 Å². The van der Waals surface area contributed by atoms with E-state index in [9.17, 15) is 10.1 Å². The van der Waals surface area contributed by atoms with Crippen LogP contribution in [-0.2, 0) is 4.79 Å². The zero-order valence-electron chi connectivity index (χ0n) is 13.0. The fourth-order valence-electron chi connectivity index (χ4n) is 2.76. The smallest absolute Gasteiger partial charge is 0.262 e. The summed E-state index contributed by atoms with van der Waals surface area (Å²) in [6.45, 7) is 2.16. The van der Waals surface area contributed by atoms with Crippen LogP contribution in [0.25, 0.3) is 6.08 Å². The first-order chi connectivity index (χ1) is 10.7. The average Bonchev–Trinajstić information content (AvgIpc) is 2.54. The molecule has 0 radical (unpaired) electrons. The minimum atomic E-state index is -0.265. The van der Waals surface area contributed by atoms with Crippen molar-refractivity contribution in [1.82, 2.24) is 5.32 Å². The summed E-state index contributed by atoms with van der Waals surface area (Å²) in [5, 5.41) is 12.2. The molecule has 1 saturated carbocycles. The number of benzene rings is 1. The standard InChI is InChI=1S/C19H22N2O/c1-15-8-5-6-13-18(15)21-19(22)17(14-20)12-7-11-16-9-3-2-4-10-16/h2-4,7,9-12,15,18H,5-6,8,13H2,1H3,(H,21,22). The normalized spacial score (nSPS) is 22.3. The van der Waals surface area contributed by atoms with Crippen LogP contribution in [0.5, 0.6) is 0 Å². The monoisotopic (exact) mass is 294 g/mol. The van der Waals surface area contributed by atoms with Gasteiger partial charge in [0.05, 0.1) is 0 Å². The van der Waals surface area contributed by atoms with Crippen LogP contribution >= 0.6 is 0 Å². The Morgan fingerprint density at radius 2 is 2.00 bits per heavy atom. The summed E-state index contributed by atoms with van der Waals surface area (Å²) >= 11 is 0. The quantitative estimate of drug-likeness (QED) is 0.521. The van der Waals surface area contributed by atoms with Crippen molar-refractivity contribution in [3.63, 3.8) is 0 Å². The molecule has 1 amide bonds. The zero-order chi connectivity index (χ0) is 15.8. The van der Waals surface area contributed by atoms with E-state index in [0.29, 0.717) is 5.92 Å². The molecule has 1 fully saturated rings. The Hall–Kier alpha value is -2.34. The van der Waals surface area contributed by atoms with Crippen LogP contribution in [-0.4, -0.2) is 11.9 Å². The van der Waals surface area contributed by atoms with Crippen LogP contribution in [0.15, 0.2) is 48.1 Å². The van der Waals surface area contributed by atoms with Crippen molar-refractivity contribution in [3.8, 4) is 6.07 Å². The van der Waals surface area contributed by atoms with Crippen molar-refractivity contribution >= 4 is 12.0 Å². The molecule has 0 bridgehead atoms. The Labute approximate surface area is 132 Å². The van der Waals surface area contributed by atoms with Gasteiger partial charge in [0.15, 0.2) is 0 Å². The molecule has 0 heterocycles. The molecule has 1 aromatic carbocycles. The number of rotatable bonds is 4. The maximum Gasteiger partial charge on any atom is 0.262 e. The van der Waals surface area contributed by atoms with Crippen LogP contribution in [0.3, 0.4) is 0 Å². The van der Waals surface area contributed by atoms with Gasteiger partial charge in [0, 0.05) is 6.04 Å². The molecule has 1 aliphatic carbocycles. The number of amides is 1. The van der Waals surface area contributed by atoms with Gasteiger partial charge in [-0.25, -0.2) is 0 Å². The molecule has 0 saturated heterocycles. The average molecular weight is 294 g/mol. The summed E-state index contributed by atoms with van der Waals surface area (Å²) in [5.74, 6) is 0.219. The molecule has 0 aromatic heterocycles. The second kappa shape index (κ2) is 8.19. The lowest BCUT2D eigenvalue weighted by molar-refractivity contribution is -0.118. The molecular weight excluding hydrogens is 272 g/mol. The second-order valence-electron chi connectivity index (χ2n) is 5.80. The number of allylic oxidation sites excluding steroid dienone is 2. The van der Waals surface area contributed by atoms with Gasteiger partial charge in [0.25, 0.3) is 5.91 Å². The van der Waals surface area contributed by atoms with Crippen LogP contribution in [0, 0.1) is 17.2 Å². The first-order valence-electron chi connectivity index (χ1n) is 7.85. The number of hydrogen-bond donors (Lipinski definition) is 1. The predicted octanol–water partition coefficient (Wildman–Crippen LogP) is 3.84. The Morgan fingerprint density at radius 1 is 1.27 bits per heavy atom. The van der Waals surface area contributed by atoms with Gasteiger partial charge in [-0.05, 0) is 30.4 Å². The number of nitrogens with one attached hydrogen (secondary N) is 1. The first kappa shape index (κ1) is 16.0. The summed E-state index contributed by atoms with van der Waals surface area (Å²) in [6.07, 6.45) is 9.74. The van der Waals surface area contributed by atoms with Crippen molar-refractivity contribution < 1.29 is 4.79 Å². The van der Waals surface area contributed by atoms with Gasteiger partial charge in [-0.2, -0.15) is 5.26 Å². The van der Waals surface area contributed by atoms with Crippen molar-refractivity contribution in [2.24, 2.45) is 5.92 Å². The van der Waals surface area contributed by atoms with E-state index in [1.54, 1.807) is 12.2 Å². The van der Waals surface area contributed by atoms with E-state index in [0.717, 1.165) is 24.8 Å². The highest BCUT2D eigenvalue weighted by Gasteiger charge is 2.23. The molecule has 114 valence electrons. The van der Waals surface area contributed by atoms with Gasteiger partial charge in [-0.15, -0.1) is 0 Å². The summed E-state index contributed by atoms with van der Waals surface area (Å²) in [5.41, 5.74) is 1.20. The van der Waals surface area contributed by atoms with Gasteiger partial charge in [-0.3, -0.25) is 4.79 Å². The van der Waals surface area contributed by atoms with E-state index in [-0.39, 0.29) is 17.5 Å². The zero-order valence-corrected chi connectivity index (χ0v) is 13.0. The molecule has 3 heteroatoms. The Morgan fingerprint density at radius 3 is 2.68 bits per heavy atom. The lowest BCUT2D eigenvalue weighted by Gasteiger charge is -2.29. The molecule has 2 atom stereocenters. The lowest BCUT2D eigenvalue weighted by atomic mass is 9.86. The summed E-state index contributed by atoms with van der Waals surface area (Å²) in [7, 11) is 0. The first-order valence-corrected chi connectivity index (χ1v) is 7.85. The SMILES string of the molecule is CC1CCCCC1NC(=O)C(C#N)=CC=Cc1ccccc1. The molecule has 1 N–H and O–H groups in total. The van der Waals surface area contributed by atoms with E-state index in [1.807, 2.05) is 42.5 Å². The minimum absolute atomic E-state index is 0.157. The van der Waals surface area contributed by atoms with E-state index in [4.69, 9.17) is 0 Å². The number of nitrogens with zero attached hydrogens (tertiary/aromatic N) is 1. The second-order valence-corrected chi connectivity index (χ2v) is 5.80. The predicted molar refractivity (Wildman–Crippen MR) is 88.7 cm³/mol. The van der Waals surface area contributed by atoms with Crippen molar-refractivity contribution in [2.75, 3.05) is 0 Å². The van der Waals surface area contributed by atoms with Gasteiger partial charge in [0.1, 0.15) is 11.6 Å². The molecule has 3 nitrogen and oxygen atoms in total. The van der Waals surface area contributed by atoms with E-state index in [1.165, 1.54) is 6.42 Å². The largest absolute Gasteiger partial charge is 0.348 e. The summed E-state index contributed by atoms with van der Waals surface area (Å²) < 4.78 is 0. The fourth-order valence-corrected chi connectivity index (χ4v) is 2.76. The molecule has 2 rings (SSSR count). The number of nitriles is 1. The Kier molecular flexibility index (Phi) is 5.97. The lowest BCUT2D eigenvalue weighted by Crippen LogP contribution is -2.41. The van der Waals surface area contributed by atoms with Gasteiger partial charge in [-0.1, -0.05) is 62.2 Å². The summed E-state index contributed by atoms with van der Waals surface area (Å²) in [4.78, 5) is 12.2. The third-order valence-corrected chi connectivity index (χ3v) is 4.14. The molecule has 22 heavy (non-hydrogen) atoms. The number of carbonyl (C=O) groups excluding carboxylic acids is 1. The topological polar surface area (TPSA) is 52.9 Å². The molecule has 0 spiro atoms. The van der Waals surface area contributed by atoms with Crippen LogP contribution in [0.4, 0.5) is 0 Å². The third kappa shape index (κ3) is 4.60. The molecule has 2 unspecified atom stereocenters. The van der Waals surface area contributed by atoms with Gasteiger partial charge < -0.3 is 5.32 Å². The molecule has 1 aromatic rings. The van der Waals surface area contributed by atoms with E-state index < -0.39 is 0 Å². The maximum atomic E-state index is 12.2. The molecule has 0 aliphatic heterocycles. The van der Waals surface area contributed by atoms with Crippen molar-refractivity contribution in [3.05, 3.63) is 53.6 Å². The Balaban J connectivity index is 1.98. The Bertz CT molecular complexity index is 596. The molecule has 1 aliphatic rings. The van der Waals surface area contributed by atoms with Gasteiger partial charge >= 0.3 is 0 Å². The minimum Gasteiger partial charge on any atom is -0.348 e. The highest BCUT2D eigenvalue weighted by Crippen LogP contribution is 2.23. The van der Waals surface area contributed by atoms with Crippen LogP contribution < -0.4 is 5.32 Å². The highest BCUT2D eigenvalue weighted by atomic mass is 16.1.